The summed E-state index contributed by atoms with van der Waals surface area (Å²) in [6, 6.07) is 2.20. The maximum Gasteiger partial charge on any atom is 0.153 e. The zero-order valence-corrected chi connectivity index (χ0v) is 11.5. The molecule has 0 radical (unpaired) electrons. The van der Waals surface area contributed by atoms with Gasteiger partial charge in [0, 0.05) is 18.3 Å². The second kappa shape index (κ2) is 5.94. The Morgan fingerprint density at radius 3 is 2.70 bits per heavy atom. The summed E-state index contributed by atoms with van der Waals surface area (Å²) >= 11 is 0. The van der Waals surface area contributed by atoms with Crippen LogP contribution in [0.3, 0.4) is 0 Å². The largest absolute Gasteiger partial charge is 0.298 e. The number of aldehydes is 1. The molecule has 0 atom stereocenters. The fraction of sp³-hybridized carbons (Fsp3) is 0.333. The number of halogens is 2. The van der Waals surface area contributed by atoms with Gasteiger partial charge in [0.05, 0.1) is 5.56 Å². The summed E-state index contributed by atoms with van der Waals surface area (Å²) in [5.41, 5.74) is 0.700. The zero-order chi connectivity index (χ0) is 14.7. The molecule has 1 heterocycles. The van der Waals surface area contributed by atoms with Gasteiger partial charge in [-0.1, -0.05) is 13.3 Å². The van der Waals surface area contributed by atoms with E-state index in [0.717, 1.165) is 25.0 Å². The van der Waals surface area contributed by atoms with Crippen LogP contribution in [0.5, 0.6) is 0 Å². The Hall–Kier alpha value is -2.04. The van der Waals surface area contributed by atoms with Gasteiger partial charge in [-0.05, 0) is 31.0 Å². The minimum Gasteiger partial charge on any atom is -0.298 e. The number of aromatic nitrogens is 2. The minimum atomic E-state index is -0.576. The topological polar surface area (TPSA) is 34.9 Å². The number of carbonyl (C=O) groups excluding carboxylic acids is 1. The van der Waals surface area contributed by atoms with Gasteiger partial charge in [-0.15, -0.1) is 0 Å². The molecule has 0 amide bonds. The van der Waals surface area contributed by atoms with Crippen molar-refractivity contribution in [1.82, 2.24) is 9.78 Å². The van der Waals surface area contributed by atoms with Crippen LogP contribution in [-0.2, 0) is 6.54 Å². The summed E-state index contributed by atoms with van der Waals surface area (Å²) in [6.07, 6.45) is 4.07. The third-order valence-corrected chi connectivity index (χ3v) is 3.16. The summed E-state index contributed by atoms with van der Waals surface area (Å²) in [5, 5.41) is 4.20. The van der Waals surface area contributed by atoms with E-state index in [4.69, 9.17) is 0 Å². The molecule has 0 unspecified atom stereocenters. The van der Waals surface area contributed by atoms with Gasteiger partial charge in [0.15, 0.2) is 6.29 Å². The van der Waals surface area contributed by atoms with E-state index in [1.807, 2.05) is 6.92 Å². The first-order chi connectivity index (χ1) is 9.56. The number of hydrogen-bond donors (Lipinski definition) is 0. The number of nitrogens with zero attached hydrogens (tertiary/aromatic N) is 2. The molecule has 5 heteroatoms. The molecule has 0 spiro atoms. The van der Waals surface area contributed by atoms with Crippen LogP contribution in [0.15, 0.2) is 18.3 Å². The van der Waals surface area contributed by atoms with Gasteiger partial charge in [0.25, 0.3) is 0 Å². The molecule has 2 rings (SSSR count). The van der Waals surface area contributed by atoms with Crippen molar-refractivity contribution in [2.75, 3.05) is 0 Å². The lowest BCUT2D eigenvalue weighted by Crippen LogP contribution is -1.99. The zero-order valence-electron chi connectivity index (χ0n) is 11.5. The van der Waals surface area contributed by atoms with Crippen molar-refractivity contribution in [3.63, 3.8) is 0 Å². The van der Waals surface area contributed by atoms with E-state index in [1.165, 1.54) is 6.92 Å². The van der Waals surface area contributed by atoms with Gasteiger partial charge in [0.1, 0.15) is 17.3 Å². The quantitative estimate of drug-likeness (QED) is 0.781. The van der Waals surface area contributed by atoms with Gasteiger partial charge >= 0.3 is 0 Å². The van der Waals surface area contributed by atoms with Crippen molar-refractivity contribution in [2.24, 2.45) is 0 Å². The highest BCUT2D eigenvalue weighted by atomic mass is 19.1. The van der Waals surface area contributed by atoms with Crippen molar-refractivity contribution in [3.8, 4) is 11.3 Å². The maximum atomic E-state index is 14.0. The van der Waals surface area contributed by atoms with Gasteiger partial charge < -0.3 is 0 Å². The standard InChI is InChI=1S/C15H16F2N2O/c1-3-4-5-19-8-11(9-20)15(18-19)12-7-13(16)10(2)6-14(12)17/h6-9H,3-5H2,1-2H3. The number of carbonyl (C=O) groups is 1. The molecule has 0 aliphatic carbocycles. The van der Waals surface area contributed by atoms with E-state index in [9.17, 15) is 13.6 Å². The molecule has 106 valence electrons. The number of unbranched alkanes of at least 4 members (excludes halogenated alkanes) is 1. The second-order valence-electron chi connectivity index (χ2n) is 4.75. The van der Waals surface area contributed by atoms with Gasteiger partial charge in [0.2, 0.25) is 0 Å². The molecular weight excluding hydrogens is 262 g/mol. The van der Waals surface area contributed by atoms with Crippen LogP contribution >= 0.6 is 0 Å². The van der Waals surface area contributed by atoms with Crippen molar-refractivity contribution < 1.29 is 13.6 Å². The van der Waals surface area contributed by atoms with E-state index in [0.29, 0.717) is 12.8 Å². The lowest BCUT2D eigenvalue weighted by Gasteiger charge is -2.04. The SMILES string of the molecule is CCCCn1cc(C=O)c(-c2cc(F)c(C)cc2F)n1. The third-order valence-electron chi connectivity index (χ3n) is 3.16. The van der Waals surface area contributed by atoms with Crippen molar-refractivity contribution >= 4 is 6.29 Å². The van der Waals surface area contributed by atoms with Crippen LogP contribution in [0.1, 0.15) is 35.7 Å². The van der Waals surface area contributed by atoms with Crippen LogP contribution < -0.4 is 0 Å². The molecule has 2 aromatic rings. The Kier molecular flexibility index (Phi) is 4.27. The molecule has 20 heavy (non-hydrogen) atoms. The second-order valence-corrected chi connectivity index (χ2v) is 4.75. The number of rotatable bonds is 5. The Labute approximate surface area is 116 Å². The molecule has 0 aliphatic rings. The van der Waals surface area contributed by atoms with Gasteiger partial charge in [-0.25, -0.2) is 8.78 Å². The van der Waals surface area contributed by atoms with Crippen LogP contribution in [-0.4, -0.2) is 16.1 Å². The average Bonchev–Trinajstić information content (AvgIpc) is 2.83. The molecule has 1 aromatic heterocycles. The molecule has 1 aromatic carbocycles. The normalized spacial score (nSPS) is 10.8. The fourth-order valence-electron chi connectivity index (χ4n) is 1.99. The van der Waals surface area contributed by atoms with Gasteiger partial charge in [-0.2, -0.15) is 5.10 Å². The van der Waals surface area contributed by atoms with E-state index >= 15 is 0 Å². The number of aryl methyl sites for hydroxylation is 2. The highest BCUT2D eigenvalue weighted by Gasteiger charge is 2.16. The molecule has 0 saturated carbocycles. The highest BCUT2D eigenvalue weighted by molar-refractivity contribution is 5.85. The van der Waals surface area contributed by atoms with Crippen molar-refractivity contribution in [2.45, 2.75) is 33.2 Å². The molecule has 0 N–H and O–H groups in total. The van der Waals surface area contributed by atoms with Gasteiger partial charge in [-0.3, -0.25) is 9.48 Å². The molecule has 0 bridgehead atoms. The Morgan fingerprint density at radius 1 is 1.30 bits per heavy atom. The Morgan fingerprint density at radius 2 is 2.05 bits per heavy atom. The van der Waals surface area contributed by atoms with E-state index in [2.05, 4.69) is 5.10 Å². The number of hydrogen-bond acceptors (Lipinski definition) is 2. The number of benzene rings is 1. The predicted octanol–water partition coefficient (Wildman–Crippen LogP) is 3.75. The first-order valence-electron chi connectivity index (χ1n) is 6.55. The molecular formula is C15H16F2N2O. The van der Waals surface area contributed by atoms with Crippen molar-refractivity contribution in [3.05, 3.63) is 41.1 Å². The monoisotopic (exact) mass is 278 g/mol. The molecule has 0 fully saturated rings. The lowest BCUT2D eigenvalue weighted by atomic mass is 10.1. The van der Waals surface area contributed by atoms with Crippen LogP contribution in [0, 0.1) is 18.6 Å². The average molecular weight is 278 g/mol. The predicted molar refractivity (Wildman–Crippen MR) is 72.6 cm³/mol. The van der Waals surface area contributed by atoms with Crippen LogP contribution in [0.25, 0.3) is 11.3 Å². The third kappa shape index (κ3) is 2.76. The Bertz CT molecular complexity index is 635. The smallest absolute Gasteiger partial charge is 0.153 e. The summed E-state index contributed by atoms with van der Waals surface area (Å²) in [6.45, 7) is 4.18. The van der Waals surface area contributed by atoms with E-state index in [1.54, 1.807) is 10.9 Å². The van der Waals surface area contributed by atoms with Crippen LogP contribution in [0.4, 0.5) is 8.78 Å². The van der Waals surface area contributed by atoms with Crippen molar-refractivity contribution in [1.29, 1.82) is 0 Å². The summed E-state index contributed by atoms with van der Waals surface area (Å²) in [7, 11) is 0. The fourth-order valence-corrected chi connectivity index (χ4v) is 1.99. The minimum absolute atomic E-state index is 0.0189. The van der Waals surface area contributed by atoms with Crippen LogP contribution in [0.2, 0.25) is 0 Å². The molecule has 0 aliphatic heterocycles. The molecule has 0 saturated heterocycles. The summed E-state index contributed by atoms with van der Waals surface area (Å²) in [4.78, 5) is 11.1. The molecule has 3 nitrogen and oxygen atoms in total. The Balaban J connectivity index is 2.48. The first-order valence-corrected chi connectivity index (χ1v) is 6.55. The highest BCUT2D eigenvalue weighted by Crippen LogP contribution is 2.26. The van der Waals surface area contributed by atoms with E-state index < -0.39 is 11.6 Å². The maximum absolute atomic E-state index is 14.0. The first kappa shape index (κ1) is 14.4. The lowest BCUT2D eigenvalue weighted by molar-refractivity contribution is 0.112. The summed E-state index contributed by atoms with van der Waals surface area (Å²) in [5.74, 6) is -1.09. The van der Waals surface area contributed by atoms with E-state index in [-0.39, 0.29) is 22.4 Å². The summed E-state index contributed by atoms with van der Waals surface area (Å²) < 4.78 is 29.2.